The van der Waals surface area contributed by atoms with Gasteiger partial charge in [0.25, 0.3) is 0 Å². The monoisotopic (exact) mass is 370 g/mol. The molecule has 138 valence electrons. The highest BCUT2D eigenvalue weighted by molar-refractivity contribution is 7.80. The van der Waals surface area contributed by atoms with Crippen LogP contribution in [0.25, 0.3) is 0 Å². The summed E-state index contributed by atoms with van der Waals surface area (Å²) in [6.07, 6.45) is 0. The number of ether oxygens (including phenoxy) is 1. The molecule has 0 atom stereocenters. The largest absolute Gasteiger partial charge is 0.379 e. The summed E-state index contributed by atoms with van der Waals surface area (Å²) >= 11 is 5.21. The third-order valence-electron chi connectivity index (χ3n) is 3.47. The summed E-state index contributed by atoms with van der Waals surface area (Å²) in [6.45, 7) is 6.59. The Balaban J connectivity index is 0.000000342. The molecule has 1 aliphatic rings. The normalized spacial score (nSPS) is 14.0. The van der Waals surface area contributed by atoms with E-state index in [0.29, 0.717) is 5.11 Å². The maximum atomic E-state index is 5.21. The summed E-state index contributed by atoms with van der Waals surface area (Å²) in [5.74, 6) is 0.739. The predicted molar refractivity (Wildman–Crippen MR) is 113 cm³/mol. The molecule has 6 heteroatoms. The van der Waals surface area contributed by atoms with Gasteiger partial charge in [0, 0.05) is 30.9 Å². The smallest absolute Gasteiger partial charge is 0.194 e. The van der Waals surface area contributed by atoms with Gasteiger partial charge in [-0.25, -0.2) is 4.99 Å². The lowest BCUT2D eigenvalue weighted by Crippen LogP contribution is -2.30. The van der Waals surface area contributed by atoms with E-state index in [1.54, 1.807) is 0 Å². The van der Waals surface area contributed by atoms with Crippen LogP contribution in [0, 0.1) is 0 Å². The number of anilines is 1. The first kappa shape index (κ1) is 20.0. The van der Waals surface area contributed by atoms with E-state index in [-0.39, 0.29) is 0 Å². The fourth-order valence-corrected chi connectivity index (χ4v) is 2.46. The molecule has 0 spiro atoms. The molecule has 3 rings (SSSR count). The van der Waals surface area contributed by atoms with Gasteiger partial charge in [-0.2, -0.15) is 0 Å². The van der Waals surface area contributed by atoms with Crippen molar-refractivity contribution in [2.75, 3.05) is 38.2 Å². The predicted octanol–water partition coefficient (Wildman–Crippen LogP) is 3.05. The molecule has 0 aliphatic carbocycles. The maximum Gasteiger partial charge on any atom is 0.194 e. The first-order chi connectivity index (χ1) is 12.8. The molecule has 0 aromatic heterocycles. The van der Waals surface area contributed by atoms with E-state index < -0.39 is 0 Å². The molecule has 1 aliphatic heterocycles. The van der Waals surface area contributed by atoms with Crippen LogP contribution in [0.4, 0.5) is 5.69 Å². The molecule has 3 N–H and O–H groups in total. The van der Waals surface area contributed by atoms with E-state index in [1.165, 1.54) is 0 Å². The summed E-state index contributed by atoms with van der Waals surface area (Å²) in [4.78, 5) is 4.46. The molecule has 0 amide bonds. The average Bonchev–Trinajstić information content (AvgIpc) is 2.71. The molecule has 0 saturated carbocycles. The van der Waals surface area contributed by atoms with Gasteiger partial charge in [0.05, 0.1) is 13.2 Å². The van der Waals surface area contributed by atoms with E-state index in [0.717, 1.165) is 49.9 Å². The van der Waals surface area contributed by atoms with E-state index in [1.807, 2.05) is 67.6 Å². The van der Waals surface area contributed by atoms with Crippen LogP contribution >= 0.6 is 12.2 Å². The third kappa shape index (κ3) is 7.74. The summed E-state index contributed by atoms with van der Waals surface area (Å²) in [7, 11) is 0. The highest BCUT2D eigenvalue weighted by Crippen LogP contribution is 2.09. The average molecular weight is 371 g/mol. The molecule has 1 fully saturated rings. The standard InChI is InChI=1S/C16H17N3S.C4H9NO/c1-2-17-16(20)19-15(13-9-5-3-6-10-13)18-14-11-7-4-8-12-14;1-3-6-4-2-5-1/h3-12H,2H2,1H3,(H2,17,18,19,20);5H,1-4H2. The molecule has 2 aromatic rings. The van der Waals surface area contributed by atoms with Gasteiger partial charge in [0.2, 0.25) is 0 Å². The van der Waals surface area contributed by atoms with Crippen LogP contribution < -0.4 is 16.0 Å². The lowest BCUT2D eigenvalue weighted by Gasteiger charge is -2.11. The van der Waals surface area contributed by atoms with Crippen molar-refractivity contribution in [3.05, 3.63) is 66.2 Å². The Kier molecular flexibility index (Phi) is 9.35. The lowest BCUT2D eigenvalue weighted by atomic mass is 10.2. The third-order valence-corrected chi connectivity index (χ3v) is 3.71. The van der Waals surface area contributed by atoms with Gasteiger partial charge in [-0.05, 0) is 31.3 Å². The number of para-hydroxylation sites is 1. The molecule has 0 unspecified atom stereocenters. The Labute approximate surface area is 160 Å². The van der Waals surface area contributed by atoms with Crippen molar-refractivity contribution in [1.82, 2.24) is 10.6 Å². The first-order valence-corrected chi connectivity index (χ1v) is 9.23. The van der Waals surface area contributed by atoms with Gasteiger partial charge in [-0.3, -0.25) is 0 Å². The maximum absolute atomic E-state index is 5.21. The highest BCUT2D eigenvalue weighted by atomic mass is 32.1. The van der Waals surface area contributed by atoms with Crippen molar-refractivity contribution in [1.29, 1.82) is 0 Å². The Hall–Kier alpha value is -2.28. The van der Waals surface area contributed by atoms with Crippen molar-refractivity contribution >= 4 is 28.9 Å². The molecule has 5 nitrogen and oxygen atoms in total. The number of thiocarbonyl (C=S) groups is 1. The first-order valence-electron chi connectivity index (χ1n) is 8.82. The van der Waals surface area contributed by atoms with Crippen LogP contribution in [-0.4, -0.2) is 43.8 Å². The molecule has 0 radical (unpaired) electrons. The Bertz CT molecular complexity index is 661. The van der Waals surface area contributed by atoms with Crippen molar-refractivity contribution in [3.63, 3.8) is 0 Å². The van der Waals surface area contributed by atoms with Crippen LogP contribution in [0.3, 0.4) is 0 Å². The van der Waals surface area contributed by atoms with Crippen molar-refractivity contribution < 1.29 is 4.74 Å². The zero-order valence-electron chi connectivity index (χ0n) is 15.1. The number of nitrogens with zero attached hydrogens (tertiary/aromatic N) is 1. The van der Waals surface area contributed by atoms with E-state index in [9.17, 15) is 0 Å². The number of hydrogen-bond donors (Lipinski definition) is 3. The Morgan fingerprint density at radius 1 is 1.04 bits per heavy atom. The minimum Gasteiger partial charge on any atom is -0.379 e. The van der Waals surface area contributed by atoms with Crippen LogP contribution in [0.15, 0.2) is 65.7 Å². The van der Waals surface area contributed by atoms with Crippen LogP contribution in [0.2, 0.25) is 0 Å². The number of morpholine rings is 1. The summed E-state index contributed by atoms with van der Waals surface area (Å²) < 4.78 is 5.01. The highest BCUT2D eigenvalue weighted by Gasteiger charge is 2.04. The molecule has 0 bridgehead atoms. The topological polar surface area (TPSA) is 57.7 Å². The Morgan fingerprint density at radius 3 is 2.15 bits per heavy atom. The molecular formula is C20H26N4OS. The number of benzene rings is 2. The number of nitrogens with one attached hydrogen (secondary N) is 3. The van der Waals surface area contributed by atoms with Gasteiger partial charge in [0.1, 0.15) is 5.84 Å². The van der Waals surface area contributed by atoms with Crippen LogP contribution in [-0.2, 0) is 4.74 Å². The molecular weight excluding hydrogens is 344 g/mol. The van der Waals surface area contributed by atoms with E-state index >= 15 is 0 Å². The van der Waals surface area contributed by atoms with Gasteiger partial charge >= 0.3 is 0 Å². The second-order valence-corrected chi connectivity index (χ2v) is 5.90. The fraction of sp³-hybridized carbons (Fsp3) is 0.300. The number of hydrogen-bond acceptors (Lipinski definition) is 3. The van der Waals surface area contributed by atoms with Crippen molar-refractivity contribution in [2.24, 2.45) is 4.99 Å². The second kappa shape index (κ2) is 12.1. The fourth-order valence-electron chi connectivity index (χ4n) is 2.23. The quantitative estimate of drug-likeness (QED) is 0.440. The van der Waals surface area contributed by atoms with Gasteiger partial charge in [0.15, 0.2) is 5.11 Å². The SMILES string of the molecule is C1COCCN1.CCNC(=S)N=C(Nc1ccccc1)c1ccccc1. The lowest BCUT2D eigenvalue weighted by molar-refractivity contribution is 0.109. The zero-order valence-corrected chi connectivity index (χ0v) is 15.9. The van der Waals surface area contributed by atoms with E-state index in [4.69, 9.17) is 17.0 Å². The van der Waals surface area contributed by atoms with E-state index in [2.05, 4.69) is 20.9 Å². The van der Waals surface area contributed by atoms with Crippen LogP contribution in [0.1, 0.15) is 12.5 Å². The Morgan fingerprint density at radius 2 is 1.65 bits per heavy atom. The summed E-state index contributed by atoms with van der Waals surface area (Å²) in [6, 6.07) is 19.9. The number of aliphatic imine (C=N–C) groups is 1. The summed E-state index contributed by atoms with van der Waals surface area (Å²) in [5.41, 5.74) is 1.98. The minimum atomic E-state index is 0.481. The van der Waals surface area contributed by atoms with Gasteiger partial charge in [-0.15, -0.1) is 0 Å². The second-order valence-electron chi connectivity index (χ2n) is 5.52. The molecule has 1 heterocycles. The number of rotatable bonds is 3. The van der Waals surface area contributed by atoms with Crippen molar-refractivity contribution in [2.45, 2.75) is 6.92 Å². The van der Waals surface area contributed by atoms with Crippen molar-refractivity contribution in [3.8, 4) is 0 Å². The van der Waals surface area contributed by atoms with Gasteiger partial charge in [-0.1, -0.05) is 48.5 Å². The number of amidine groups is 1. The minimum absolute atomic E-state index is 0.481. The van der Waals surface area contributed by atoms with Gasteiger partial charge < -0.3 is 20.7 Å². The molecule has 1 saturated heterocycles. The zero-order chi connectivity index (χ0) is 18.5. The molecule has 26 heavy (non-hydrogen) atoms. The molecule has 2 aromatic carbocycles. The van der Waals surface area contributed by atoms with Crippen LogP contribution in [0.5, 0.6) is 0 Å². The summed E-state index contributed by atoms with van der Waals surface area (Å²) in [5, 5.41) is 9.98.